The predicted molar refractivity (Wildman–Crippen MR) is 77.5 cm³/mol. The molecule has 0 amide bonds. The summed E-state index contributed by atoms with van der Waals surface area (Å²) in [6.45, 7) is 0. The second-order valence-electron chi connectivity index (χ2n) is 4.35. The summed E-state index contributed by atoms with van der Waals surface area (Å²) in [5.74, 6) is 0.801. The fourth-order valence-electron chi connectivity index (χ4n) is 1.88. The van der Waals surface area contributed by atoms with Crippen molar-refractivity contribution in [2.75, 3.05) is 21.3 Å². The van der Waals surface area contributed by atoms with Gasteiger partial charge in [0.1, 0.15) is 0 Å². The van der Waals surface area contributed by atoms with Gasteiger partial charge in [0.2, 0.25) is 0 Å². The molecule has 0 aliphatic carbocycles. The van der Waals surface area contributed by atoms with Crippen molar-refractivity contribution in [3.8, 4) is 11.5 Å². The molecule has 0 spiro atoms. The van der Waals surface area contributed by atoms with E-state index < -0.39 is 0 Å². The SMILES string of the molecule is COC(=O)CCC(N)Cc1ccc(OC)c(OC)c1Cl. The molecule has 0 saturated carbocycles. The van der Waals surface area contributed by atoms with Crippen molar-refractivity contribution < 1.29 is 19.0 Å². The van der Waals surface area contributed by atoms with Crippen LogP contribution in [0.4, 0.5) is 0 Å². The van der Waals surface area contributed by atoms with Gasteiger partial charge in [-0.2, -0.15) is 0 Å². The Labute approximate surface area is 123 Å². The average molecular weight is 302 g/mol. The van der Waals surface area contributed by atoms with E-state index in [4.69, 9.17) is 26.8 Å². The summed E-state index contributed by atoms with van der Waals surface area (Å²) >= 11 is 6.27. The van der Waals surface area contributed by atoms with E-state index >= 15 is 0 Å². The van der Waals surface area contributed by atoms with Crippen molar-refractivity contribution in [1.29, 1.82) is 0 Å². The van der Waals surface area contributed by atoms with Crippen LogP contribution < -0.4 is 15.2 Å². The molecule has 0 bridgehead atoms. The largest absolute Gasteiger partial charge is 0.493 e. The molecule has 0 radical (unpaired) electrons. The van der Waals surface area contributed by atoms with Crippen LogP contribution in [-0.2, 0) is 16.0 Å². The molecular formula is C14H20ClNO4. The summed E-state index contributed by atoms with van der Waals surface area (Å²) in [4.78, 5) is 11.1. The molecule has 0 heterocycles. The van der Waals surface area contributed by atoms with Crippen LogP contribution in [0.2, 0.25) is 5.02 Å². The lowest BCUT2D eigenvalue weighted by Crippen LogP contribution is -2.24. The van der Waals surface area contributed by atoms with Crippen molar-refractivity contribution in [2.24, 2.45) is 5.73 Å². The van der Waals surface area contributed by atoms with Crippen molar-refractivity contribution in [3.05, 3.63) is 22.7 Å². The molecule has 0 aromatic heterocycles. The van der Waals surface area contributed by atoms with Gasteiger partial charge < -0.3 is 19.9 Å². The molecule has 0 saturated heterocycles. The van der Waals surface area contributed by atoms with Crippen LogP contribution in [0.15, 0.2) is 12.1 Å². The van der Waals surface area contributed by atoms with Crippen LogP contribution in [0.3, 0.4) is 0 Å². The normalized spacial score (nSPS) is 11.8. The minimum Gasteiger partial charge on any atom is -0.493 e. The molecule has 1 unspecified atom stereocenters. The van der Waals surface area contributed by atoms with Crippen molar-refractivity contribution in [3.63, 3.8) is 0 Å². The number of halogens is 1. The maximum absolute atomic E-state index is 11.1. The Morgan fingerprint density at radius 3 is 2.55 bits per heavy atom. The van der Waals surface area contributed by atoms with Crippen molar-refractivity contribution in [2.45, 2.75) is 25.3 Å². The topological polar surface area (TPSA) is 70.8 Å². The number of esters is 1. The van der Waals surface area contributed by atoms with E-state index in [-0.39, 0.29) is 12.0 Å². The summed E-state index contributed by atoms with van der Waals surface area (Å²) in [6, 6.07) is 3.46. The lowest BCUT2D eigenvalue weighted by Gasteiger charge is -2.15. The maximum atomic E-state index is 11.1. The van der Waals surface area contributed by atoms with Gasteiger partial charge in [-0.15, -0.1) is 0 Å². The number of hydrogen-bond acceptors (Lipinski definition) is 5. The van der Waals surface area contributed by atoms with Crippen LogP contribution in [0.1, 0.15) is 18.4 Å². The molecule has 1 rings (SSSR count). The highest BCUT2D eigenvalue weighted by molar-refractivity contribution is 6.33. The van der Waals surface area contributed by atoms with Crippen molar-refractivity contribution >= 4 is 17.6 Å². The fourth-order valence-corrected chi connectivity index (χ4v) is 2.19. The molecule has 0 aliphatic heterocycles. The van der Waals surface area contributed by atoms with Gasteiger partial charge in [-0.25, -0.2) is 0 Å². The Morgan fingerprint density at radius 1 is 1.30 bits per heavy atom. The summed E-state index contributed by atoms with van der Waals surface area (Å²) < 4.78 is 15.0. The zero-order valence-electron chi connectivity index (χ0n) is 11.9. The third-order valence-electron chi connectivity index (χ3n) is 2.99. The molecule has 2 N–H and O–H groups in total. The number of nitrogens with two attached hydrogens (primary N) is 1. The second-order valence-corrected chi connectivity index (χ2v) is 4.73. The average Bonchev–Trinajstić information content (AvgIpc) is 2.46. The Hall–Kier alpha value is -1.46. The highest BCUT2D eigenvalue weighted by atomic mass is 35.5. The van der Waals surface area contributed by atoms with Crippen LogP contribution in [0.25, 0.3) is 0 Å². The standard InChI is InChI=1S/C14H20ClNO4/c1-18-11-6-4-9(13(15)14(11)20-3)8-10(16)5-7-12(17)19-2/h4,6,10H,5,7-8,16H2,1-3H3. The number of rotatable bonds is 7. The van der Waals surface area contributed by atoms with E-state index in [2.05, 4.69) is 4.74 Å². The minimum atomic E-state index is -0.265. The lowest BCUT2D eigenvalue weighted by atomic mass is 10.0. The molecule has 6 heteroatoms. The van der Waals surface area contributed by atoms with Gasteiger partial charge in [0.25, 0.3) is 0 Å². The molecule has 1 aromatic carbocycles. The van der Waals surface area contributed by atoms with E-state index in [0.717, 1.165) is 5.56 Å². The van der Waals surface area contributed by atoms with E-state index in [1.54, 1.807) is 13.2 Å². The number of carbonyl (C=O) groups is 1. The summed E-state index contributed by atoms with van der Waals surface area (Å²) in [5, 5.41) is 0.486. The number of methoxy groups -OCH3 is 3. The number of benzene rings is 1. The summed E-state index contributed by atoms with van der Waals surface area (Å²) in [5.41, 5.74) is 6.86. The van der Waals surface area contributed by atoms with Crippen LogP contribution in [0, 0.1) is 0 Å². The van der Waals surface area contributed by atoms with E-state index in [1.807, 2.05) is 6.07 Å². The zero-order valence-corrected chi connectivity index (χ0v) is 12.7. The van der Waals surface area contributed by atoms with E-state index in [9.17, 15) is 4.79 Å². The molecule has 1 aromatic rings. The number of ether oxygens (including phenoxy) is 3. The van der Waals surface area contributed by atoms with Gasteiger partial charge >= 0.3 is 5.97 Å². The van der Waals surface area contributed by atoms with Crippen LogP contribution in [0.5, 0.6) is 11.5 Å². The summed E-state index contributed by atoms with van der Waals surface area (Å²) in [7, 11) is 4.44. The van der Waals surface area contributed by atoms with Crippen molar-refractivity contribution in [1.82, 2.24) is 0 Å². The quantitative estimate of drug-likeness (QED) is 0.782. The Kier molecular flexibility index (Phi) is 6.61. The third-order valence-corrected chi connectivity index (χ3v) is 3.41. The van der Waals surface area contributed by atoms with Gasteiger partial charge in [-0.05, 0) is 24.5 Å². The molecule has 0 aliphatic rings. The highest BCUT2D eigenvalue weighted by Gasteiger charge is 2.16. The first-order valence-electron chi connectivity index (χ1n) is 6.25. The van der Waals surface area contributed by atoms with Gasteiger partial charge in [-0.3, -0.25) is 4.79 Å². The summed E-state index contributed by atoms with van der Waals surface area (Å²) in [6.07, 6.45) is 1.39. The third kappa shape index (κ3) is 4.28. The first-order chi connectivity index (χ1) is 9.53. The first-order valence-corrected chi connectivity index (χ1v) is 6.63. The molecule has 5 nitrogen and oxygen atoms in total. The Balaban J connectivity index is 2.75. The Bertz CT molecular complexity index is 465. The molecule has 112 valence electrons. The fraction of sp³-hybridized carbons (Fsp3) is 0.500. The maximum Gasteiger partial charge on any atom is 0.305 e. The van der Waals surface area contributed by atoms with Gasteiger partial charge in [0.05, 0.1) is 26.4 Å². The van der Waals surface area contributed by atoms with Gasteiger partial charge in [0.15, 0.2) is 11.5 Å². The molecule has 20 heavy (non-hydrogen) atoms. The predicted octanol–water partition coefficient (Wildman–Crippen LogP) is 2.18. The number of hydrogen-bond donors (Lipinski definition) is 1. The monoisotopic (exact) mass is 301 g/mol. The van der Waals surface area contributed by atoms with Crippen LogP contribution in [-0.4, -0.2) is 33.3 Å². The highest BCUT2D eigenvalue weighted by Crippen LogP contribution is 2.37. The minimum absolute atomic E-state index is 0.176. The first kappa shape index (κ1) is 16.6. The molecule has 1 atom stereocenters. The number of carbonyl (C=O) groups excluding carboxylic acids is 1. The molecular weight excluding hydrogens is 282 g/mol. The second kappa shape index (κ2) is 7.97. The molecule has 0 fully saturated rings. The van der Waals surface area contributed by atoms with Gasteiger partial charge in [0, 0.05) is 12.5 Å². The van der Waals surface area contributed by atoms with Crippen LogP contribution >= 0.6 is 11.6 Å². The van der Waals surface area contributed by atoms with E-state index in [1.165, 1.54) is 14.2 Å². The van der Waals surface area contributed by atoms with E-state index in [0.29, 0.717) is 35.8 Å². The zero-order chi connectivity index (χ0) is 15.1. The van der Waals surface area contributed by atoms with Gasteiger partial charge in [-0.1, -0.05) is 17.7 Å². The lowest BCUT2D eigenvalue weighted by molar-refractivity contribution is -0.140. The smallest absolute Gasteiger partial charge is 0.305 e. The Morgan fingerprint density at radius 2 is 2.00 bits per heavy atom.